The fourth-order valence-corrected chi connectivity index (χ4v) is 5.68. The van der Waals surface area contributed by atoms with Gasteiger partial charge in [0.2, 0.25) is 15.9 Å². The Labute approximate surface area is 184 Å². The number of para-hydroxylation sites is 1. The average Bonchev–Trinajstić information content (AvgIpc) is 3.35. The number of benzene rings is 2. The SMILES string of the molecule is CS(=O)(=O)N[C@H]1CC[C@@]2(Cc3ccc(F)c(c3)-c3cccc(F)c3OCc3coc2n3)C1. The van der Waals surface area contributed by atoms with Crippen LogP contribution >= 0.6 is 0 Å². The van der Waals surface area contributed by atoms with Gasteiger partial charge >= 0.3 is 0 Å². The molecule has 2 atom stereocenters. The van der Waals surface area contributed by atoms with Gasteiger partial charge in [0.05, 0.1) is 11.7 Å². The van der Waals surface area contributed by atoms with Crippen LogP contribution in [0.3, 0.4) is 0 Å². The number of hydrogen-bond acceptors (Lipinski definition) is 5. The number of oxazole rings is 1. The number of halogens is 2. The summed E-state index contributed by atoms with van der Waals surface area (Å²) >= 11 is 0. The number of fused-ring (bicyclic) bond motifs is 7. The summed E-state index contributed by atoms with van der Waals surface area (Å²) in [6, 6.07) is 8.90. The van der Waals surface area contributed by atoms with Crippen molar-refractivity contribution in [2.75, 3.05) is 6.26 Å². The highest BCUT2D eigenvalue weighted by atomic mass is 32.2. The number of rotatable bonds is 2. The molecule has 2 aromatic carbocycles. The fraction of sp³-hybridized carbons (Fsp3) is 0.348. The highest BCUT2D eigenvalue weighted by Gasteiger charge is 2.45. The van der Waals surface area contributed by atoms with Gasteiger partial charge < -0.3 is 9.15 Å². The van der Waals surface area contributed by atoms with E-state index in [-0.39, 0.29) is 24.0 Å². The van der Waals surface area contributed by atoms with Gasteiger partial charge in [0.25, 0.3) is 0 Å². The minimum Gasteiger partial charge on any atom is -0.483 e. The van der Waals surface area contributed by atoms with Crippen molar-refractivity contribution in [3.63, 3.8) is 0 Å². The Hall–Kier alpha value is -2.78. The molecule has 2 heterocycles. The van der Waals surface area contributed by atoms with E-state index in [9.17, 15) is 17.2 Å². The van der Waals surface area contributed by atoms with Crippen LogP contribution in [0.1, 0.15) is 36.4 Å². The summed E-state index contributed by atoms with van der Waals surface area (Å²) in [5.41, 5.74) is 1.32. The zero-order valence-corrected chi connectivity index (χ0v) is 18.2. The summed E-state index contributed by atoms with van der Waals surface area (Å²) < 4.78 is 67.2. The Balaban J connectivity index is 1.62. The second-order valence-electron chi connectivity index (χ2n) is 8.65. The number of nitrogens with one attached hydrogen (secondary N) is 1. The number of ether oxygens (including phenoxy) is 1. The van der Waals surface area contributed by atoms with Crippen LogP contribution in [0.15, 0.2) is 47.1 Å². The Bertz CT molecular complexity index is 1290. The quantitative estimate of drug-likeness (QED) is 0.623. The predicted octanol–water partition coefficient (Wildman–Crippen LogP) is 4.09. The molecule has 5 rings (SSSR count). The lowest BCUT2D eigenvalue weighted by molar-refractivity contribution is 0.286. The fourth-order valence-electron chi connectivity index (χ4n) is 4.87. The number of nitrogens with zero attached hydrogens (tertiary/aromatic N) is 1. The van der Waals surface area contributed by atoms with Crippen LogP contribution in [-0.2, 0) is 28.5 Å². The van der Waals surface area contributed by atoms with Crippen LogP contribution < -0.4 is 9.46 Å². The van der Waals surface area contributed by atoms with Crippen LogP contribution in [0.5, 0.6) is 5.75 Å². The summed E-state index contributed by atoms with van der Waals surface area (Å²) in [6.07, 6.45) is 4.88. The first-order valence-electron chi connectivity index (χ1n) is 10.3. The molecule has 0 amide bonds. The number of aromatic nitrogens is 1. The highest BCUT2D eigenvalue weighted by molar-refractivity contribution is 7.88. The maximum atomic E-state index is 14.8. The van der Waals surface area contributed by atoms with E-state index in [0.29, 0.717) is 42.8 Å². The Morgan fingerprint density at radius 3 is 2.81 bits per heavy atom. The molecule has 1 aromatic heterocycles. The summed E-state index contributed by atoms with van der Waals surface area (Å²) in [5, 5.41) is 0. The van der Waals surface area contributed by atoms with Gasteiger partial charge in [-0.15, -0.1) is 0 Å². The molecule has 0 radical (unpaired) electrons. The second-order valence-corrected chi connectivity index (χ2v) is 10.4. The minimum absolute atomic E-state index is 0.0401. The van der Waals surface area contributed by atoms with Gasteiger partial charge in [-0.05, 0) is 49.4 Å². The summed E-state index contributed by atoms with van der Waals surface area (Å²) in [4.78, 5) is 4.60. The smallest absolute Gasteiger partial charge is 0.208 e. The van der Waals surface area contributed by atoms with Crippen molar-refractivity contribution in [2.24, 2.45) is 0 Å². The second kappa shape index (κ2) is 7.67. The van der Waals surface area contributed by atoms with Gasteiger partial charge in [-0.25, -0.2) is 26.9 Å². The van der Waals surface area contributed by atoms with Crippen molar-refractivity contribution in [3.8, 4) is 16.9 Å². The summed E-state index contributed by atoms with van der Waals surface area (Å²) in [5.74, 6) is -0.625. The summed E-state index contributed by atoms with van der Waals surface area (Å²) in [7, 11) is -3.36. The highest BCUT2D eigenvalue weighted by Crippen LogP contribution is 2.45. The summed E-state index contributed by atoms with van der Waals surface area (Å²) in [6.45, 7) is -0.0418. The lowest BCUT2D eigenvalue weighted by Crippen LogP contribution is -2.35. The van der Waals surface area contributed by atoms with Crippen LogP contribution in [-0.4, -0.2) is 25.7 Å². The molecule has 6 nitrogen and oxygen atoms in total. The van der Waals surface area contributed by atoms with E-state index in [4.69, 9.17) is 9.15 Å². The Kier molecular flexibility index (Phi) is 5.05. The van der Waals surface area contributed by atoms with Gasteiger partial charge in [0.15, 0.2) is 11.6 Å². The normalized spacial score (nSPS) is 22.7. The van der Waals surface area contributed by atoms with Crippen LogP contribution in [0, 0.1) is 11.6 Å². The molecule has 9 heteroatoms. The molecule has 2 aliphatic rings. The largest absolute Gasteiger partial charge is 0.483 e. The molecular weight excluding hydrogens is 438 g/mol. The van der Waals surface area contributed by atoms with E-state index < -0.39 is 27.1 Å². The van der Waals surface area contributed by atoms with Gasteiger partial charge in [0, 0.05) is 17.2 Å². The van der Waals surface area contributed by atoms with Crippen LogP contribution in [0.25, 0.3) is 11.1 Å². The van der Waals surface area contributed by atoms with Crippen molar-refractivity contribution in [2.45, 2.75) is 43.7 Å². The third-order valence-corrected chi connectivity index (χ3v) is 6.95. The van der Waals surface area contributed by atoms with Gasteiger partial charge in [-0.2, -0.15) is 0 Å². The first-order chi connectivity index (χ1) is 15.2. The monoisotopic (exact) mass is 460 g/mol. The number of sulfonamides is 1. The van der Waals surface area contributed by atoms with Crippen molar-refractivity contribution >= 4 is 10.0 Å². The average molecular weight is 461 g/mol. The zero-order chi connectivity index (χ0) is 22.5. The third kappa shape index (κ3) is 3.91. The Morgan fingerprint density at radius 1 is 1.16 bits per heavy atom. The molecule has 168 valence electrons. The number of hydrogen-bond donors (Lipinski definition) is 1. The van der Waals surface area contributed by atoms with Gasteiger partial charge in [-0.3, -0.25) is 0 Å². The molecule has 1 spiro atoms. The molecule has 3 aromatic rings. The van der Waals surface area contributed by atoms with E-state index >= 15 is 0 Å². The standard InChI is InChI=1S/C23H22F2N2O4S/c1-32(28,29)27-15-7-8-23(11-15)10-14-5-6-19(24)18(9-14)17-3-2-4-20(25)21(17)30-12-16-13-31-22(23)26-16/h2-6,9,13,15,27H,7-8,10-12H2,1H3/t15-,23+/m0/s1. The van der Waals surface area contributed by atoms with Gasteiger partial charge in [-0.1, -0.05) is 18.2 Å². The molecule has 1 aliphatic heterocycles. The van der Waals surface area contributed by atoms with Crippen LogP contribution in [0.4, 0.5) is 8.78 Å². The predicted molar refractivity (Wildman–Crippen MR) is 114 cm³/mol. The maximum absolute atomic E-state index is 14.8. The lowest BCUT2D eigenvalue weighted by atomic mass is 9.79. The van der Waals surface area contributed by atoms with Crippen LogP contribution in [0.2, 0.25) is 0 Å². The van der Waals surface area contributed by atoms with E-state index in [1.54, 1.807) is 18.2 Å². The first kappa shape index (κ1) is 21.1. The maximum Gasteiger partial charge on any atom is 0.208 e. The lowest BCUT2D eigenvalue weighted by Gasteiger charge is -2.27. The Morgan fingerprint density at radius 2 is 2.00 bits per heavy atom. The molecule has 1 N–H and O–H groups in total. The van der Waals surface area contributed by atoms with Crippen molar-refractivity contribution in [1.82, 2.24) is 9.71 Å². The van der Waals surface area contributed by atoms with Crippen molar-refractivity contribution in [3.05, 3.63) is 71.4 Å². The van der Waals surface area contributed by atoms with E-state index in [2.05, 4.69) is 9.71 Å². The first-order valence-corrected chi connectivity index (χ1v) is 12.2. The van der Waals surface area contributed by atoms with Gasteiger partial charge in [0.1, 0.15) is 24.4 Å². The van der Waals surface area contributed by atoms with E-state index in [1.165, 1.54) is 24.5 Å². The molecule has 32 heavy (non-hydrogen) atoms. The van der Waals surface area contributed by atoms with E-state index in [1.807, 2.05) is 0 Å². The molecular formula is C23H22F2N2O4S. The van der Waals surface area contributed by atoms with E-state index in [0.717, 1.165) is 11.8 Å². The molecule has 1 aliphatic carbocycles. The molecule has 1 fully saturated rings. The third-order valence-electron chi connectivity index (χ3n) is 6.19. The molecule has 4 bridgehead atoms. The zero-order valence-electron chi connectivity index (χ0n) is 17.4. The van der Waals surface area contributed by atoms with Crippen molar-refractivity contribution < 1.29 is 26.4 Å². The van der Waals surface area contributed by atoms with Crippen molar-refractivity contribution in [1.29, 1.82) is 0 Å². The molecule has 1 saturated carbocycles. The topological polar surface area (TPSA) is 81.4 Å². The molecule has 0 saturated heterocycles. The molecule has 0 unspecified atom stereocenters. The minimum atomic E-state index is -3.36.